The van der Waals surface area contributed by atoms with E-state index in [1.54, 1.807) is 6.07 Å². The summed E-state index contributed by atoms with van der Waals surface area (Å²) in [5.41, 5.74) is 0. The minimum Gasteiger partial charge on any atom is -0.310 e. The van der Waals surface area contributed by atoms with Crippen LogP contribution in [0.15, 0.2) is 14.7 Å². The van der Waals surface area contributed by atoms with E-state index in [0.717, 1.165) is 17.7 Å². The highest BCUT2D eigenvalue weighted by atomic mass is 79.9. The maximum Gasteiger partial charge on any atom is 0.242 e. The number of hydrogen-bond acceptors (Lipinski definition) is 4. The largest absolute Gasteiger partial charge is 0.310 e. The Morgan fingerprint density at radius 1 is 1.38 bits per heavy atom. The maximum absolute atomic E-state index is 12.4. The van der Waals surface area contributed by atoms with Gasteiger partial charge in [-0.1, -0.05) is 26.7 Å². The lowest BCUT2D eigenvalue weighted by molar-refractivity contribution is 0.519. The van der Waals surface area contributed by atoms with E-state index in [0.29, 0.717) is 33.7 Å². The maximum atomic E-state index is 12.4. The van der Waals surface area contributed by atoms with Gasteiger partial charge >= 0.3 is 0 Å². The molecule has 4 nitrogen and oxygen atoms in total. The molecule has 0 amide bonds. The van der Waals surface area contributed by atoms with E-state index in [9.17, 15) is 8.42 Å². The summed E-state index contributed by atoms with van der Waals surface area (Å²) in [6.45, 7) is 5.40. The molecule has 1 saturated carbocycles. The summed E-state index contributed by atoms with van der Waals surface area (Å²) >= 11 is 4.86. The van der Waals surface area contributed by atoms with Crippen molar-refractivity contribution < 1.29 is 8.42 Å². The van der Waals surface area contributed by atoms with E-state index in [1.165, 1.54) is 24.2 Å². The van der Waals surface area contributed by atoms with Gasteiger partial charge in [-0.25, -0.2) is 13.1 Å². The van der Waals surface area contributed by atoms with Gasteiger partial charge in [0.15, 0.2) is 0 Å². The van der Waals surface area contributed by atoms with Crippen LogP contribution in [0.1, 0.15) is 44.4 Å². The summed E-state index contributed by atoms with van der Waals surface area (Å²) in [6, 6.07) is 2.15. The zero-order chi connectivity index (χ0) is 15.5. The van der Waals surface area contributed by atoms with Gasteiger partial charge in [0.1, 0.15) is 4.90 Å². The fourth-order valence-corrected chi connectivity index (χ4v) is 6.24. The van der Waals surface area contributed by atoms with Crippen molar-refractivity contribution in [2.45, 2.75) is 57.0 Å². The van der Waals surface area contributed by atoms with Crippen LogP contribution in [0.4, 0.5) is 0 Å². The Kier molecular flexibility index (Phi) is 6.25. The van der Waals surface area contributed by atoms with E-state index in [-0.39, 0.29) is 0 Å². The van der Waals surface area contributed by atoms with Crippen molar-refractivity contribution in [3.8, 4) is 0 Å². The normalized spacial score (nSPS) is 17.0. The third-order valence-corrected chi connectivity index (χ3v) is 7.39. The molecule has 0 bridgehead atoms. The number of thiophene rings is 1. The summed E-state index contributed by atoms with van der Waals surface area (Å²) in [5.74, 6) is 0.499. The number of nitrogens with one attached hydrogen (secondary N) is 2. The van der Waals surface area contributed by atoms with Crippen LogP contribution in [0.3, 0.4) is 0 Å². The zero-order valence-corrected chi connectivity index (χ0v) is 15.7. The molecule has 0 aromatic carbocycles. The quantitative estimate of drug-likeness (QED) is 0.743. The van der Waals surface area contributed by atoms with Crippen LogP contribution in [0.2, 0.25) is 0 Å². The predicted molar refractivity (Wildman–Crippen MR) is 91.1 cm³/mol. The number of sulfonamides is 1. The van der Waals surface area contributed by atoms with Crippen molar-refractivity contribution in [3.05, 3.63) is 14.7 Å². The first-order valence-corrected chi connectivity index (χ1v) is 10.5. The van der Waals surface area contributed by atoms with E-state index in [4.69, 9.17) is 0 Å². The van der Waals surface area contributed by atoms with Gasteiger partial charge in [0.2, 0.25) is 10.0 Å². The first-order chi connectivity index (χ1) is 9.88. The Morgan fingerprint density at radius 2 is 2.05 bits per heavy atom. The average Bonchev–Trinajstić information content (AvgIpc) is 3.03. The average molecular weight is 395 g/mol. The Morgan fingerprint density at radius 3 is 2.67 bits per heavy atom. The Bertz CT molecular complexity index is 564. The number of rotatable bonds is 7. The van der Waals surface area contributed by atoms with Crippen LogP contribution < -0.4 is 10.0 Å². The van der Waals surface area contributed by atoms with Crippen molar-refractivity contribution in [1.29, 1.82) is 0 Å². The number of halogens is 1. The minimum absolute atomic E-state index is 0.367. The summed E-state index contributed by atoms with van der Waals surface area (Å²) in [6.07, 6.45) is 4.72. The predicted octanol–water partition coefficient (Wildman–Crippen LogP) is 3.48. The van der Waals surface area contributed by atoms with E-state index >= 15 is 0 Å². The van der Waals surface area contributed by atoms with Gasteiger partial charge < -0.3 is 5.32 Å². The van der Waals surface area contributed by atoms with Crippen molar-refractivity contribution in [3.63, 3.8) is 0 Å². The van der Waals surface area contributed by atoms with Crippen molar-refractivity contribution >= 4 is 37.3 Å². The van der Waals surface area contributed by atoms with Gasteiger partial charge in [0.25, 0.3) is 0 Å². The van der Waals surface area contributed by atoms with Crippen LogP contribution in [0, 0.1) is 5.92 Å². The fourth-order valence-electron chi connectivity index (χ4n) is 2.49. The molecule has 0 radical (unpaired) electrons. The molecular weight excluding hydrogens is 372 g/mol. The molecule has 7 heteroatoms. The van der Waals surface area contributed by atoms with Crippen LogP contribution in [-0.4, -0.2) is 21.0 Å². The van der Waals surface area contributed by atoms with Crippen molar-refractivity contribution in [2.24, 2.45) is 5.92 Å². The first kappa shape index (κ1) is 17.4. The second-order valence-electron chi connectivity index (χ2n) is 5.89. The molecule has 1 aromatic heterocycles. The van der Waals surface area contributed by atoms with Crippen molar-refractivity contribution in [1.82, 2.24) is 10.0 Å². The molecule has 2 N–H and O–H groups in total. The molecular formula is C14H23BrN2O2S2. The van der Waals surface area contributed by atoms with Gasteiger partial charge in [-0.2, -0.15) is 0 Å². The second kappa shape index (κ2) is 7.55. The van der Waals surface area contributed by atoms with Gasteiger partial charge in [0, 0.05) is 24.0 Å². The third-order valence-electron chi connectivity index (χ3n) is 3.72. The molecule has 0 aliphatic heterocycles. The zero-order valence-electron chi connectivity index (χ0n) is 12.5. The van der Waals surface area contributed by atoms with Crippen molar-refractivity contribution in [2.75, 3.05) is 6.54 Å². The van der Waals surface area contributed by atoms with Gasteiger partial charge in [-0.05, 0) is 40.8 Å². The summed E-state index contributed by atoms with van der Waals surface area (Å²) in [7, 11) is -3.41. The van der Waals surface area contributed by atoms with Gasteiger partial charge in [-0.3, -0.25) is 0 Å². The number of hydrogen-bond donors (Lipinski definition) is 2. The Labute approximate surface area is 139 Å². The second-order valence-corrected chi connectivity index (χ2v) is 10.1. The molecule has 0 unspecified atom stereocenters. The van der Waals surface area contributed by atoms with E-state index in [2.05, 4.69) is 39.8 Å². The van der Waals surface area contributed by atoms with Crippen LogP contribution in [0.5, 0.6) is 0 Å². The molecule has 120 valence electrons. The monoisotopic (exact) mass is 394 g/mol. The lowest BCUT2D eigenvalue weighted by Gasteiger charge is -2.10. The Balaban J connectivity index is 2.01. The van der Waals surface area contributed by atoms with Gasteiger partial charge in [-0.15, -0.1) is 11.3 Å². The molecule has 1 aliphatic rings. The highest BCUT2D eigenvalue weighted by Crippen LogP contribution is 2.32. The lowest BCUT2D eigenvalue weighted by Crippen LogP contribution is -2.28. The molecule has 1 aromatic rings. The standard InChI is InChI=1S/C14H23BrN2O2S2/c1-10(2)16-9-12-7-13(14(15)20-12)21(18,19)17-8-11-5-3-4-6-11/h7,10-11,16-17H,3-6,8-9H2,1-2H3. The molecule has 2 rings (SSSR count). The highest BCUT2D eigenvalue weighted by Gasteiger charge is 2.23. The van der Waals surface area contributed by atoms with E-state index in [1.807, 2.05) is 0 Å². The molecule has 21 heavy (non-hydrogen) atoms. The molecule has 1 fully saturated rings. The third kappa shape index (κ3) is 5.03. The lowest BCUT2D eigenvalue weighted by atomic mass is 10.1. The Hall–Kier alpha value is 0.0500. The molecule has 0 saturated heterocycles. The SMILES string of the molecule is CC(C)NCc1cc(S(=O)(=O)NCC2CCCC2)c(Br)s1. The van der Waals surface area contributed by atoms with Crippen LogP contribution >= 0.6 is 27.3 Å². The molecule has 0 atom stereocenters. The van der Waals surface area contributed by atoms with Crippen LogP contribution in [0.25, 0.3) is 0 Å². The summed E-state index contributed by atoms with van der Waals surface area (Å²) < 4.78 is 28.3. The molecule has 1 heterocycles. The summed E-state index contributed by atoms with van der Waals surface area (Å²) in [4.78, 5) is 1.39. The van der Waals surface area contributed by atoms with Crippen LogP contribution in [-0.2, 0) is 16.6 Å². The first-order valence-electron chi connectivity index (χ1n) is 7.39. The minimum atomic E-state index is -3.41. The smallest absolute Gasteiger partial charge is 0.242 e. The molecule has 1 aliphatic carbocycles. The van der Waals surface area contributed by atoms with E-state index < -0.39 is 10.0 Å². The van der Waals surface area contributed by atoms with Gasteiger partial charge in [0.05, 0.1) is 3.79 Å². The topological polar surface area (TPSA) is 58.2 Å². The molecule has 0 spiro atoms. The summed E-state index contributed by atoms with van der Waals surface area (Å²) in [5, 5.41) is 3.30. The fraction of sp³-hybridized carbons (Fsp3) is 0.714. The highest BCUT2D eigenvalue weighted by molar-refractivity contribution is 9.11.